The maximum atomic E-state index is 12.3. The van der Waals surface area contributed by atoms with Crippen molar-refractivity contribution in [3.05, 3.63) is 58.5 Å². The summed E-state index contributed by atoms with van der Waals surface area (Å²) in [6.07, 6.45) is 1.38. The van der Waals surface area contributed by atoms with E-state index in [1.807, 2.05) is 0 Å². The van der Waals surface area contributed by atoms with Crippen molar-refractivity contribution in [1.29, 1.82) is 0 Å². The number of hydrogen-bond acceptors (Lipinski definition) is 7. The van der Waals surface area contributed by atoms with Crippen LogP contribution in [-0.2, 0) is 14.3 Å². The van der Waals surface area contributed by atoms with Gasteiger partial charge in [0.15, 0.2) is 23.7 Å². The van der Waals surface area contributed by atoms with Crippen molar-refractivity contribution >= 4 is 22.7 Å². The zero-order valence-electron chi connectivity index (χ0n) is 14.9. The van der Waals surface area contributed by atoms with Gasteiger partial charge in [0.1, 0.15) is 6.10 Å². The van der Waals surface area contributed by atoms with Crippen LogP contribution in [0.15, 0.2) is 57.3 Å². The fourth-order valence-corrected chi connectivity index (χ4v) is 2.71. The molecule has 1 aliphatic rings. The molecule has 27 heavy (non-hydrogen) atoms. The van der Waals surface area contributed by atoms with E-state index in [1.165, 1.54) is 13.2 Å². The maximum absolute atomic E-state index is 12.3. The maximum Gasteiger partial charge on any atom is 0.336 e. The number of carbonyl (C=O) groups is 2. The van der Waals surface area contributed by atoms with Crippen molar-refractivity contribution < 1.29 is 28.2 Å². The molecule has 1 aromatic carbocycles. The van der Waals surface area contributed by atoms with Crippen molar-refractivity contribution in [2.75, 3.05) is 13.7 Å². The van der Waals surface area contributed by atoms with Gasteiger partial charge in [0.05, 0.1) is 7.11 Å². The highest BCUT2D eigenvalue weighted by Crippen LogP contribution is 2.34. The molecular formula is C20H18O7. The number of Topliss-reactive ketones (excluding diaryl/α,β-unsaturated/α-hetero) is 1. The van der Waals surface area contributed by atoms with Crippen LogP contribution < -0.4 is 15.1 Å². The SMILES string of the molecule is C=C(CC1C=C(C)C(=O)O1)C(=O)COc1ccc2ccc(=O)oc2c1OC. The lowest BCUT2D eigenvalue weighted by atomic mass is 10.1. The molecule has 0 N–H and O–H groups in total. The minimum atomic E-state index is -0.517. The number of methoxy groups -OCH3 is 1. The molecule has 1 aromatic heterocycles. The van der Waals surface area contributed by atoms with Crippen LogP contribution in [0.1, 0.15) is 13.3 Å². The van der Waals surface area contributed by atoms with Gasteiger partial charge in [0.25, 0.3) is 0 Å². The van der Waals surface area contributed by atoms with Crippen LogP contribution in [0.2, 0.25) is 0 Å². The number of hydrogen-bond donors (Lipinski definition) is 0. The summed E-state index contributed by atoms with van der Waals surface area (Å²) in [6.45, 7) is 5.12. The standard InChI is InChI=1S/C20H18O7/c1-11(8-14-9-12(2)20(23)26-14)15(21)10-25-16-6-4-13-5-7-17(22)27-18(13)19(16)24-3/h4-7,9,14H,1,8,10H2,2-3H3. The molecule has 0 aliphatic carbocycles. The largest absolute Gasteiger partial charge is 0.490 e. The number of ether oxygens (including phenoxy) is 3. The van der Waals surface area contributed by atoms with Gasteiger partial charge >= 0.3 is 11.6 Å². The van der Waals surface area contributed by atoms with Crippen LogP contribution in [0.25, 0.3) is 11.0 Å². The number of benzene rings is 1. The first-order valence-electron chi connectivity index (χ1n) is 8.23. The Hall–Kier alpha value is -3.35. The Morgan fingerprint density at radius 3 is 2.63 bits per heavy atom. The molecule has 1 aliphatic heterocycles. The van der Waals surface area contributed by atoms with Crippen molar-refractivity contribution in [3.63, 3.8) is 0 Å². The second kappa shape index (κ2) is 7.49. The Morgan fingerprint density at radius 1 is 1.22 bits per heavy atom. The van der Waals surface area contributed by atoms with Gasteiger partial charge in [0, 0.05) is 23.4 Å². The summed E-state index contributed by atoms with van der Waals surface area (Å²) in [5.41, 5.74) is 0.521. The number of fused-ring (bicyclic) bond motifs is 1. The van der Waals surface area contributed by atoms with E-state index in [1.54, 1.807) is 31.2 Å². The highest BCUT2D eigenvalue weighted by molar-refractivity contribution is 5.96. The summed E-state index contributed by atoms with van der Waals surface area (Å²) in [7, 11) is 1.42. The molecule has 3 rings (SSSR count). The zero-order chi connectivity index (χ0) is 19.6. The monoisotopic (exact) mass is 370 g/mol. The van der Waals surface area contributed by atoms with E-state index in [0.717, 1.165) is 0 Å². The number of carbonyl (C=O) groups excluding carboxylic acids is 2. The Kier molecular flexibility index (Phi) is 5.12. The molecule has 2 heterocycles. The second-order valence-electron chi connectivity index (χ2n) is 6.08. The normalized spacial score (nSPS) is 16.0. The molecule has 0 saturated carbocycles. The van der Waals surface area contributed by atoms with E-state index in [9.17, 15) is 14.4 Å². The first-order valence-corrected chi connectivity index (χ1v) is 8.23. The minimum absolute atomic E-state index is 0.203. The van der Waals surface area contributed by atoms with Crippen LogP contribution in [0, 0.1) is 0 Å². The molecule has 1 atom stereocenters. The lowest BCUT2D eigenvalue weighted by molar-refractivity contribution is -0.139. The van der Waals surface area contributed by atoms with E-state index in [-0.39, 0.29) is 47.4 Å². The van der Waals surface area contributed by atoms with Gasteiger partial charge in [-0.2, -0.15) is 0 Å². The topological polar surface area (TPSA) is 92.0 Å². The first kappa shape index (κ1) is 18.4. The molecule has 0 amide bonds. The van der Waals surface area contributed by atoms with E-state index < -0.39 is 11.7 Å². The number of ketones is 1. The summed E-state index contributed by atoms with van der Waals surface area (Å²) in [4.78, 5) is 35.1. The third-order valence-corrected chi connectivity index (χ3v) is 4.13. The van der Waals surface area contributed by atoms with Crippen molar-refractivity contribution in [2.24, 2.45) is 0 Å². The van der Waals surface area contributed by atoms with Gasteiger partial charge in [-0.15, -0.1) is 0 Å². The highest BCUT2D eigenvalue weighted by atomic mass is 16.5. The molecule has 0 fully saturated rings. The molecule has 0 spiro atoms. The molecule has 140 valence electrons. The molecule has 1 unspecified atom stereocenters. The zero-order valence-corrected chi connectivity index (χ0v) is 14.9. The molecule has 7 heteroatoms. The van der Waals surface area contributed by atoms with E-state index >= 15 is 0 Å². The van der Waals surface area contributed by atoms with Gasteiger partial charge in [0.2, 0.25) is 5.75 Å². The third-order valence-electron chi connectivity index (χ3n) is 4.13. The number of esters is 1. The summed E-state index contributed by atoms with van der Waals surface area (Å²) in [5, 5.41) is 0.666. The molecule has 0 bridgehead atoms. The minimum Gasteiger partial charge on any atom is -0.490 e. The smallest absolute Gasteiger partial charge is 0.336 e. The summed E-state index contributed by atoms with van der Waals surface area (Å²) in [5.74, 6) is -0.227. The summed E-state index contributed by atoms with van der Waals surface area (Å²) < 4.78 is 21.1. The second-order valence-corrected chi connectivity index (χ2v) is 6.08. The number of rotatable bonds is 7. The fourth-order valence-electron chi connectivity index (χ4n) is 2.71. The van der Waals surface area contributed by atoms with Crippen molar-refractivity contribution in [1.82, 2.24) is 0 Å². The van der Waals surface area contributed by atoms with Gasteiger partial charge in [-0.05, 0) is 36.8 Å². The molecular weight excluding hydrogens is 352 g/mol. The van der Waals surface area contributed by atoms with Crippen molar-refractivity contribution in [3.8, 4) is 11.5 Å². The van der Waals surface area contributed by atoms with Crippen LogP contribution in [-0.4, -0.2) is 31.6 Å². The van der Waals surface area contributed by atoms with Gasteiger partial charge < -0.3 is 18.6 Å². The lowest BCUT2D eigenvalue weighted by Gasteiger charge is -2.13. The Morgan fingerprint density at radius 2 is 1.96 bits per heavy atom. The molecule has 0 saturated heterocycles. The average Bonchev–Trinajstić information content (AvgIpc) is 2.96. The Bertz CT molecular complexity index is 1010. The predicted molar refractivity (Wildman–Crippen MR) is 96.9 cm³/mol. The van der Waals surface area contributed by atoms with Gasteiger partial charge in [-0.1, -0.05) is 6.58 Å². The van der Waals surface area contributed by atoms with E-state index in [0.29, 0.717) is 11.0 Å². The molecule has 7 nitrogen and oxygen atoms in total. The molecule has 0 radical (unpaired) electrons. The van der Waals surface area contributed by atoms with Crippen LogP contribution in [0.3, 0.4) is 0 Å². The van der Waals surface area contributed by atoms with Gasteiger partial charge in [-0.3, -0.25) is 4.79 Å². The summed E-state index contributed by atoms with van der Waals surface area (Å²) >= 11 is 0. The van der Waals surface area contributed by atoms with Gasteiger partial charge in [-0.25, -0.2) is 9.59 Å². The molecule has 2 aromatic rings. The summed E-state index contributed by atoms with van der Waals surface area (Å²) in [6, 6.07) is 6.24. The predicted octanol–water partition coefficient (Wildman–Crippen LogP) is 2.57. The lowest BCUT2D eigenvalue weighted by Crippen LogP contribution is -2.18. The number of cyclic esters (lactones) is 1. The van der Waals surface area contributed by atoms with Crippen LogP contribution in [0.4, 0.5) is 0 Å². The van der Waals surface area contributed by atoms with Crippen LogP contribution >= 0.6 is 0 Å². The van der Waals surface area contributed by atoms with E-state index in [2.05, 4.69) is 6.58 Å². The average molecular weight is 370 g/mol. The van der Waals surface area contributed by atoms with E-state index in [4.69, 9.17) is 18.6 Å². The Balaban J connectivity index is 1.69. The third kappa shape index (κ3) is 3.92. The van der Waals surface area contributed by atoms with Crippen LogP contribution in [0.5, 0.6) is 11.5 Å². The highest BCUT2D eigenvalue weighted by Gasteiger charge is 2.24. The van der Waals surface area contributed by atoms with Crippen molar-refractivity contribution in [2.45, 2.75) is 19.4 Å². The fraction of sp³-hybridized carbons (Fsp3) is 0.250. The quantitative estimate of drug-likeness (QED) is 0.420. The first-order chi connectivity index (χ1) is 12.9. The Labute approximate surface area is 154 Å².